The molecule has 0 aromatic rings. The maximum absolute atomic E-state index is 2.38. The van der Waals surface area contributed by atoms with E-state index >= 15 is 0 Å². The van der Waals surface area contributed by atoms with Gasteiger partial charge in [-0.1, -0.05) is 97.8 Å². The molecule has 160 valence electrons. The molecule has 0 N–H and O–H groups in total. The zero-order chi connectivity index (χ0) is 21.5. The van der Waals surface area contributed by atoms with Gasteiger partial charge in [-0.25, -0.2) is 0 Å². The van der Waals surface area contributed by atoms with E-state index in [-0.39, 0.29) is 0 Å². The highest BCUT2D eigenvalue weighted by atomic mass is 14.5. The molecule has 0 heterocycles. The predicted molar refractivity (Wildman–Crippen MR) is 126 cm³/mol. The van der Waals surface area contributed by atoms with Crippen LogP contribution in [0.2, 0.25) is 0 Å². The quantitative estimate of drug-likeness (QED) is 0.417. The van der Waals surface area contributed by atoms with E-state index < -0.39 is 0 Å². The van der Waals surface area contributed by atoms with E-state index in [1.807, 2.05) is 0 Å². The Balaban J connectivity index is 0.000000153. The van der Waals surface area contributed by atoms with Crippen molar-refractivity contribution in [2.75, 3.05) is 0 Å². The third-order valence-corrected chi connectivity index (χ3v) is 6.39. The molecule has 4 rings (SSSR count). The summed E-state index contributed by atoms with van der Waals surface area (Å²) in [5.41, 5.74) is 5.36. The first-order valence-corrected chi connectivity index (χ1v) is 11.6. The molecule has 0 aromatic carbocycles. The summed E-state index contributed by atoms with van der Waals surface area (Å²) in [6.07, 6.45) is 15.1. The first-order valence-electron chi connectivity index (χ1n) is 11.6. The minimum Gasteiger partial charge on any atom is -0.0778 e. The lowest BCUT2D eigenvalue weighted by atomic mass is 9.65. The standard InChI is InChI=1S/C11H18.C9H16.C8H14/c1-10(2,3)6-9-7-11(8-9)4-5-11;1-7-5-8(7)6-9(2,3)4;1-6-5-7(6)8(2,3)4/h4-5,9H,6-8H2,1-3H3;5,8H,6H2,1-4H3;5,7H,1-4H3. The molecule has 0 heteroatoms. The Kier molecular flexibility index (Phi) is 6.55. The Morgan fingerprint density at radius 1 is 0.750 bits per heavy atom. The van der Waals surface area contributed by atoms with Gasteiger partial charge in [0.15, 0.2) is 0 Å². The van der Waals surface area contributed by atoms with E-state index in [1.54, 1.807) is 11.1 Å². The molecule has 1 fully saturated rings. The van der Waals surface area contributed by atoms with Crippen molar-refractivity contribution in [1.29, 1.82) is 0 Å². The summed E-state index contributed by atoms with van der Waals surface area (Å²) >= 11 is 0. The van der Waals surface area contributed by atoms with Crippen molar-refractivity contribution in [2.24, 2.45) is 39.4 Å². The van der Waals surface area contributed by atoms with Crippen LogP contribution in [0, 0.1) is 39.4 Å². The molecule has 4 aliphatic carbocycles. The van der Waals surface area contributed by atoms with E-state index in [9.17, 15) is 0 Å². The predicted octanol–water partition coefficient (Wildman–Crippen LogP) is 9.00. The van der Waals surface area contributed by atoms with Gasteiger partial charge in [0.25, 0.3) is 0 Å². The van der Waals surface area contributed by atoms with Crippen molar-refractivity contribution in [3.8, 4) is 0 Å². The van der Waals surface area contributed by atoms with Crippen LogP contribution in [0.1, 0.15) is 102 Å². The largest absolute Gasteiger partial charge is 0.0778 e. The first-order chi connectivity index (χ1) is 12.5. The topological polar surface area (TPSA) is 0 Å². The maximum Gasteiger partial charge on any atom is 0.00668 e. The molecule has 0 saturated heterocycles. The summed E-state index contributed by atoms with van der Waals surface area (Å²) in [6, 6.07) is 0. The van der Waals surface area contributed by atoms with Crippen LogP contribution in [0.25, 0.3) is 0 Å². The van der Waals surface area contributed by atoms with Crippen LogP contribution >= 0.6 is 0 Å². The van der Waals surface area contributed by atoms with Gasteiger partial charge < -0.3 is 0 Å². The second-order valence-corrected chi connectivity index (χ2v) is 13.6. The molecule has 0 aromatic heterocycles. The molecule has 0 nitrogen and oxygen atoms in total. The maximum atomic E-state index is 2.38. The van der Waals surface area contributed by atoms with Gasteiger partial charge in [-0.3, -0.25) is 0 Å². The average molecular weight is 385 g/mol. The summed E-state index contributed by atoms with van der Waals surface area (Å²) in [7, 11) is 0. The van der Waals surface area contributed by atoms with Gasteiger partial charge in [0.05, 0.1) is 0 Å². The van der Waals surface area contributed by atoms with Gasteiger partial charge in [0.1, 0.15) is 0 Å². The third-order valence-electron chi connectivity index (χ3n) is 6.39. The summed E-state index contributed by atoms with van der Waals surface area (Å²) in [5.74, 6) is 2.68. The highest BCUT2D eigenvalue weighted by Gasteiger charge is 2.47. The lowest BCUT2D eigenvalue weighted by molar-refractivity contribution is 0.136. The van der Waals surface area contributed by atoms with E-state index in [1.165, 1.54) is 25.7 Å². The van der Waals surface area contributed by atoms with Crippen LogP contribution < -0.4 is 0 Å². The van der Waals surface area contributed by atoms with Gasteiger partial charge in [-0.15, -0.1) is 0 Å². The summed E-state index contributed by atoms with van der Waals surface area (Å²) in [6.45, 7) is 25.2. The molecule has 1 spiro atoms. The molecule has 28 heavy (non-hydrogen) atoms. The minimum atomic E-state index is 0.490. The Morgan fingerprint density at radius 2 is 1.18 bits per heavy atom. The number of rotatable bonds is 2. The fourth-order valence-corrected chi connectivity index (χ4v) is 4.71. The van der Waals surface area contributed by atoms with E-state index in [0.29, 0.717) is 21.7 Å². The molecular formula is C28H48. The molecule has 0 bridgehead atoms. The van der Waals surface area contributed by atoms with E-state index in [4.69, 9.17) is 0 Å². The first kappa shape index (κ1) is 23.5. The molecule has 0 amide bonds. The number of hydrogen-bond acceptors (Lipinski definition) is 0. The monoisotopic (exact) mass is 384 g/mol. The molecule has 1 saturated carbocycles. The van der Waals surface area contributed by atoms with Crippen molar-refractivity contribution in [3.63, 3.8) is 0 Å². The van der Waals surface area contributed by atoms with Crippen LogP contribution in [-0.2, 0) is 0 Å². The second kappa shape index (κ2) is 7.81. The van der Waals surface area contributed by atoms with E-state index in [2.05, 4.69) is 100 Å². The van der Waals surface area contributed by atoms with Gasteiger partial charge in [-0.2, -0.15) is 0 Å². The zero-order valence-corrected chi connectivity index (χ0v) is 20.9. The van der Waals surface area contributed by atoms with Gasteiger partial charge in [-0.05, 0) is 67.6 Å². The van der Waals surface area contributed by atoms with Crippen molar-refractivity contribution < 1.29 is 0 Å². The third kappa shape index (κ3) is 8.30. The number of hydrogen-bond donors (Lipinski definition) is 0. The molecule has 0 radical (unpaired) electrons. The summed E-state index contributed by atoms with van der Waals surface area (Å²) in [5, 5.41) is 0. The Labute approximate surface area is 177 Å². The minimum absolute atomic E-state index is 0.490. The zero-order valence-electron chi connectivity index (χ0n) is 20.9. The van der Waals surface area contributed by atoms with Gasteiger partial charge in [0.2, 0.25) is 0 Å². The fourth-order valence-electron chi connectivity index (χ4n) is 4.71. The van der Waals surface area contributed by atoms with Crippen LogP contribution in [0.5, 0.6) is 0 Å². The lowest BCUT2D eigenvalue weighted by Gasteiger charge is -2.39. The normalized spacial score (nSPS) is 26.8. The van der Waals surface area contributed by atoms with Crippen molar-refractivity contribution in [1.82, 2.24) is 0 Å². The molecule has 2 unspecified atom stereocenters. The van der Waals surface area contributed by atoms with Crippen LogP contribution in [0.3, 0.4) is 0 Å². The van der Waals surface area contributed by atoms with Crippen molar-refractivity contribution in [2.45, 2.75) is 102 Å². The molecule has 4 aliphatic rings. The van der Waals surface area contributed by atoms with Crippen LogP contribution in [-0.4, -0.2) is 0 Å². The summed E-state index contributed by atoms with van der Waals surface area (Å²) < 4.78 is 0. The lowest BCUT2D eigenvalue weighted by Crippen LogP contribution is -2.29. The summed E-state index contributed by atoms with van der Waals surface area (Å²) in [4.78, 5) is 0. The van der Waals surface area contributed by atoms with Crippen molar-refractivity contribution in [3.05, 3.63) is 35.5 Å². The molecule has 2 atom stereocenters. The smallest absolute Gasteiger partial charge is 0.00668 e. The SMILES string of the molecule is CC(C)(C)CC1CC2(C=C2)C1.CC1=CC1C(C)(C)C.CC1=CC1CC(C)(C)C. The molecule has 0 aliphatic heterocycles. The van der Waals surface area contributed by atoms with Gasteiger partial charge in [0, 0.05) is 11.3 Å². The number of allylic oxidation sites excluding steroid dienone is 6. The average Bonchev–Trinajstić information content (AvgIpc) is 3.27. The fraction of sp³-hybridized carbons (Fsp3) is 0.786. The Bertz CT molecular complexity index is 619. The van der Waals surface area contributed by atoms with Crippen LogP contribution in [0.4, 0.5) is 0 Å². The van der Waals surface area contributed by atoms with Crippen LogP contribution in [0.15, 0.2) is 35.5 Å². The highest BCUT2D eigenvalue weighted by Crippen LogP contribution is 2.58. The van der Waals surface area contributed by atoms with Crippen molar-refractivity contribution >= 4 is 0 Å². The van der Waals surface area contributed by atoms with Gasteiger partial charge >= 0.3 is 0 Å². The molecular weight excluding hydrogens is 336 g/mol. The van der Waals surface area contributed by atoms with E-state index in [0.717, 1.165) is 17.8 Å². The highest BCUT2D eigenvalue weighted by molar-refractivity contribution is 5.31. The Morgan fingerprint density at radius 3 is 1.36 bits per heavy atom. The Hall–Kier alpha value is -0.780. The second-order valence-electron chi connectivity index (χ2n) is 13.6.